The van der Waals surface area contributed by atoms with Crippen LogP contribution >= 0.6 is 0 Å². The first-order chi connectivity index (χ1) is 12.0. The Morgan fingerprint density at radius 3 is 2.35 bits per heavy atom. The molecule has 1 fully saturated rings. The summed E-state index contributed by atoms with van der Waals surface area (Å²) < 4.78 is 41.0. The molecule has 0 aromatic heterocycles. The molecule has 1 amide bonds. The predicted molar refractivity (Wildman–Crippen MR) is 95.8 cm³/mol. The lowest BCUT2D eigenvalue weighted by atomic mass is 10.1. The van der Waals surface area contributed by atoms with E-state index in [0.29, 0.717) is 43.9 Å². The SMILES string of the molecule is C#Cc1cc(CN2CCN(C(=O)OC(C)(C)C)CC2)cc(S(=O)(=O)F)c1. The fourth-order valence-corrected chi connectivity index (χ4v) is 3.21. The van der Waals surface area contributed by atoms with Gasteiger partial charge in [-0.2, -0.15) is 8.42 Å². The van der Waals surface area contributed by atoms with Crippen molar-refractivity contribution in [2.24, 2.45) is 0 Å². The van der Waals surface area contributed by atoms with Gasteiger partial charge in [-0.25, -0.2) is 4.79 Å². The molecule has 1 aromatic carbocycles. The smallest absolute Gasteiger partial charge is 0.410 e. The van der Waals surface area contributed by atoms with Gasteiger partial charge in [0.15, 0.2) is 0 Å². The van der Waals surface area contributed by atoms with Crippen LogP contribution in [0.4, 0.5) is 8.68 Å². The Morgan fingerprint density at radius 2 is 1.85 bits per heavy atom. The van der Waals surface area contributed by atoms with Gasteiger partial charge in [-0.05, 0) is 44.5 Å². The molecule has 0 radical (unpaired) electrons. The molecule has 1 aliphatic heterocycles. The Hall–Kier alpha value is -2.11. The second-order valence-corrected chi connectivity index (χ2v) is 8.54. The average molecular weight is 382 g/mol. The van der Waals surface area contributed by atoms with E-state index in [9.17, 15) is 17.1 Å². The van der Waals surface area contributed by atoms with Crippen molar-refractivity contribution in [2.45, 2.75) is 37.8 Å². The highest BCUT2D eigenvalue weighted by Gasteiger charge is 2.26. The lowest BCUT2D eigenvalue weighted by Gasteiger charge is -2.35. The van der Waals surface area contributed by atoms with Crippen molar-refractivity contribution in [1.82, 2.24) is 9.80 Å². The topological polar surface area (TPSA) is 66.9 Å². The molecule has 0 N–H and O–H groups in total. The number of hydrogen-bond donors (Lipinski definition) is 0. The monoisotopic (exact) mass is 382 g/mol. The molecule has 142 valence electrons. The summed E-state index contributed by atoms with van der Waals surface area (Å²) in [5, 5.41) is 0. The van der Waals surface area contributed by atoms with Gasteiger partial charge in [-0.3, -0.25) is 4.90 Å². The summed E-state index contributed by atoms with van der Waals surface area (Å²) in [6, 6.07) is 4.09. The second-order valence-electron chi connectivity index (χ2n) is 7.19. The highest BCUT2D eigenvalue weighted by Crippen LogP contribution is 2.19. The first-order valence-electron chi connectivity index (χ1n) is 8.23. The van der Waals surface area contributed by atoms with Gasteiger partial charge >= 0.3 is 16.3 Å². The van der Waals surface area contributed by atoms with Gasteiger partial charge < -0.3 is 9.64 Å². The molecule has 0 saturated carbocycles. The zero-order chi connectivity index (χ0) is 19.5. The van der Waals surface area contributed by atoms with E-state index in [1.807, 2.05) is 25.7 Å². The molecule has 2 rings (SSSR count). The third-order valence-corrected chi connectivity index (χ3v) is 4.64. The summed E-state index contributed by atoms with van der Waals surface area (Å²) in [6.45, 7) is 8.05. The molecule has 8 heteroatoms. The van der Waals surface area contributed by atoms with Crippen molar-refractivity contribution in [1.29, 1.82) is 0 Å². The molecular weight excluding hydrogens is 359 g/mol. The summed E-state index contributed by atoms with van der Waals surface area (Å²) in [5.74, 6) is 2.34. The van der Waals surface area contributed by atoms with Crippen molar-refractivity contribution in [3.05, 3.63) is 29.3 Å². The molecule has 26 heavy (non-hydrogen) atoms. The van der Waals surface area contributed by atoms with Crippen molar-refractivity contribution in [2.75, 3.05) is 26.2 Å². The largest absolute Gasteiger partial charge is 0.444 e. The predicted octanol–water partition coefficient (Wildman–Crippen LogP) is 2.38. The van der Waals surface area contributed by atoms with Gasteiger partial charge in [0.25, 0.3) is 0 Å². The maximum absolute atomic E-state index is 13.3. The number of benzene rings is 1. The minimum Gasteiger partial charge on any atom is -0.444 e. The first kappa shape index (κ1) is 20.2. The van der Waals surface area contributed by atoms with E-state index in [-0.39, 0.29) is 6.09 Å². The summed E-state index contributed by atoms with van der Waals surface area (Å²) in [5.41, 5.74) is 0.381. The van der Waals surface area contributed by atoms with E-state index in [4.69, 9.17) is 11.2 Å². The first-order valence-corrected chi connectivity index (χ1v) is 9.62. The van der Waals surface area contributed by atoms with Crippen molar-refractivity contribution < 1.29 is 21.8 Å². The molecule has 6 nitrogen and oxygen atoms in total. The Balaban J connectivity index is 2.02. The standard InChI is InChI=1S/C18H23FN2O4S/c1-5-14-10-15(12-16(11-14)26(19,23)24)13-20-6-8-21(9-7-20)17(22)25-18(2,3)4/h1,10-12H,6-9,13H2,2-4H3. The zero-order valence-electron chi connectivity index (χ0n) is 15.2. The molecule has 1 saturated heterocycles. The fourth-order valence-electron chi connectivity index (χ4n) is 2.65. The van der Waals surface area contributed by atoms with Crippen LogP contribution in [-0.4, -0.2) is 56.1 Å². The van der Waals surface area contributed by atoms with Gasteiger partial charge in [0.1, 0.15) is 10.5 Å². The number of amides is 1. The van der Waals surface area contributed by atoms with Crippen LogP contribution in [0.1, 0.15) is 31.9 Å². The Bertz CT molecular complexity index is 817. The Kier molecular flexibility index (Phi) is 5.94. The molecule has 0 atom stereocenters. The number of carbonyl (C=O) groups is 1. The molecule has 0 aliphatic carbocycles. The van der Waals surface area contributed by atoms with E-state index in [0.717, 1.165) is 6.07 Å². The number of hydrogen-bond acceptors (Lipinski definition) is 5. The van der Waals surface area contributed by atoms with E-state index < -0.39 is 20.7 Å². The number of piperazine rings is 1. The van der Waals surface area contributed by atoms with E-state index in [2.05, 4.69) is 5.92 Å². The van der Waals surface area contributed by atoms with Gasteiger partial charge in [-0.15, -0.1) is 10.3 Å². The summed E-state index contributed by atoms with van der Waals surface area (Å²) in [4.78, 5) is 15.3. The van der Waals surface area contributed by atoms with Crippen LogP contribution in [0.2, 0.25) is 0 Å². The Labute approximate surface area is 154 Å². The molecule has 0 unspecified atom stereocenters. The highest BCUT2D eigenvalue weighted by atomic mass is 32.3. The fraction of sp³-hybridized carbons (Fsp3) is 0.500. The van der Waals surface area contributed by atoms with Gasteiger partial charge in [0.05, 0.1) is 0 Å². The number of halogens is 1. The third kappa shape index (κ3) is 5.71. The van der Waals surface area contributed by atoms with E-state index >= 15 is 0 Å². The van der Waals surface area contributed by atoms with Gasteiger partial charge in [0, 0.05) is 38.3 Å². The van der Waals surface area contributed by atoms with Gasteiger partial charge in [0.2, 0.25) is 0 Å². The number of rotatable bonds is 3. The molecule has 1 aliphatic rings. The summed E-state index contributed by atoms with van der Waals surface area (Å²) in [6.07, 6.45) is 4.98. The van der Waals surface area contributed by atoms with Crippen LogP contribution in [0.5, 0.6) is 0 Å². The average Bonchev–Trinajstić information content (AvgIpc) is 2.52. The van der Waals surface area contributed by atoms with Crippen LogP contribution in [-0.2, 0) is 21.5 Å². The quantitative estimate of drug-likeness (QED) is 0.593. The lowest BCUT2D eigenvalue weighted by molar-refractivity contribution is 0.0139. The maximum Gasteiger partial charge on any atom is 0.410 e. The number of terminal acetylenes is 1. The number of carbonyl (C=O) groups excluding carboxylic acids is 1. The maximum atomic E-state index is 13.3. The zero-order valence-corrected chi connectivity index (χ0v) is 16.0. The summed E-state index contributed by atoms with van der Waals surface area (Å²) >= 11 is 0. The molecular formula is C18H23FN2O4S. The van der Waals surface area contributed by atoms with Gasteiger partial charge in [-0.1, -0.05) is 5.92 Å². The lowest BCUT2D eigenvalue weighted by Crippen LogP contribution is -2.49. The highest BCUT2D eigenvalue weighted by molar-refractivity contribution is 7.86. The van der Waals surface area contributed by atoms with Crippen LogP contribution in [0.15, 0.2) is 23.1 Å². The van der Waals surface area contributed by atoms with Crippen molar-refractivity contribution in [3.8, 4) is 12.3 Å². The van der Waals surface area contributed by atoms with Crippen molar-refractivity contribution in [3.63, 3.8) is 0 Å². The number of nitrogens with zero attached hydrogens (tertiary/aromatic N) is 2. The van der Waals surface area contributed by atoms with Crippen LogP contribution < -0.4 is 0 Å². The summed E-state index contributed by atoms with van der Waals surface area (Å²) in [7, 11) is -4.82. The number of ether oxygens (including phenoxy) is 1. The van der Waals surface area contributed by atoms with Crippen LogP contribution in [0.25, 0.3) is 0 Å². The second kappa shape index (κ2) is 7.64. The molecule has 1 heterocycles. The van der Waals surface area contributed by atoms with Crippen molar-refractivity contribution >= 4 is 16.3 Å². The third-order valence-electron chi connectivity index (χ3n) is 3.84. The minimum absolute atomic E-state index is 0.311. The molecule has 0 bridgehead atoms. The molecule has 1 aromatic rings. The Morgan fingerprint density at radius 1 is 1.23 bits per heavy atom. The van der Waals surface area contributed by atoms with Crippen LogP contribution in [0.3, 0.4) is 0 Å². The van der Waals surface area contributed by atoms with E-state index in [1.54, 1.807) is 11.0 Å². The normalized spacial score (nSPS) is 16.2. The van der Waals surface area contributed by atoms with Crippen LogP contribution in [0, 0.1) is 12.3 Å². The molecule has 0 spiro atoms. The minimum atomic E-state index is -4.82. The van der Waals surface area contributed by atoms with E-state index in [1.165, 1.54) is 6.07 Å².